The van der Waals surface area contributed by atoms with Crippen molar-refractivity contribution in [2.45, 2.75) is 38.3 Å². The van der Waals surface area contributed by atoms with E-state index < -0.39 is 0 Å². The summed E-state index contributed by atoms with van der Waals surface area (Å²) in [6, 6.07) is 0.355. The minimum Gasteiger partial charge on any atom is -0.370 e. The molecule has 0 spiro atoms. The number of rotatable bonds is 4. The molecule has 0 aliphatic heterocycles. The Labute approximate surface area is 77.6 Å². The largest absolute Gasteiger partial charge is 0.370 e. The van der Waals surface area contributed by atoms with Gasteiger partial charge in [0.1, 0.15) is 0 Å². The first kappa shape index (κ1) is 9.83. The van der Waals surface area contributed by atoms with Crippen LogP contribution in [-0.4, -0.2) is 24.0 Å². The van der Waals surface area contributed by atoms with Gasteiger partial charge in [-0.2, -0.15) is 0 Å². The van der Waals surface area contributed by atoms with Gasteiger partial charge in [-0.25, -0.2) is 0 Å². The van der Waals surface area contributed by atoms with Gasteiger partial charge in [-0.1, -0.05) is 0 Å². The van der Waals surface area contributed by atoms with Crippen LogP contribution in [0.2, 0.25) is 0 Å². The highest BCUT2D eigenvalue weighted by Crippen LogP contribution is 2.22. The molecule has 0 aromatic rings. The fraction of sp³-hybridized carbons (Fsp3) is 0.750. The molecule has 1 fully saturated rings. The monoisotopic (exact) mass is 184 g/mol. The quantitative estimate of drug-likeness (QED) is 0.399. The molecule has 5 nitrogen and oxygen atoms in total. The zero-order valence-corrected chi connectivity index (χ0v) is 7.79. The average Bonchev–Trinajstić information content (AvgIpc) is 2.67. The van der Waals surface area contributed by atoms with Gasteiger partial charge in [-0.15, -0.1) is 0 Å². The van der Waals surface area contributed by atoms with Crippen LogP contribution in [0.25, 0.3) is 0 Å². The molecule has 74 valence electrons. The highest BCUT2D eigenvalue weighted by molar-refractivity contribution is 5.80. The van der Waals surface area contributed by atoms with Gasteiger partial charge in [-0.05, 0) is 19.8 Å². The van der Waals surface area contributed by atoms with Gasteiger partial charge in [0, 0.05) is 12.5 Å². The van der Waals surface area contributed by atoms with E-state index >= 15 is 0 Å². The van der Waals surface area contributed by atoms with Crippen LogP contribution in [-0.2, 0) is 4.79 Å². The number of nitrogens with one attached hydrogen (secondary N) is 1. The Morgan fingerprint density at radius 3 is 2.69 bits per heavy atom. The maximum atomic E-state index is 10.5. The number of nitrogens with zero attached hydrogens (tertiary/aromatic N) is 1. The minimum atomic E-state index is -0.334. The predicted molar refractivity (Wildman–Crippen MR) is 51.1 cm³/mol. The van der Waals surface area contributed by atoms with Crippen molar-refractivity contribution in [2.75, 3.05) is 0 Å². The Balaban J connectivity index is 2.25. The maximum absolute atomic E-state index is 10.5. The molecule has 1 unspecified atom stereocenters. The summed E-state index contributed by atoms with van der Waals surface area (Å²) in [6.07, 6.45) is 2.51. The lowest BCUT2D eigenvalue weighted by Crippen LogP contribution is -2.40. The van der Waals surface area contributed by atoms with E-state index in [1.54, 1.807) is 0 Å². The van der Waals surface area contributed by atoms with Crippen molar-refractivity contribution in [3.05, 3.63) is 0 Å². The lowest BCUT2D eigenvalue weighted by atomic mass is 10.2. The lowest BCUT2D eigenvalue weighted by Gasteiger charge is -2.11. The molecule has 5 heteroatoms. The normalized spacial score (nSPS) is 19.6. The molecule has 0 saturated heterocycles. The van der Waals surface area contributed by atoms with Crippen molar-refractivity contribution in [2.24, 2.45) is 16.5 Å². The molecular formula is C8H16N4O. The lowest BCUT2D eigenvalue weighted by molar-refractivity contribution is -0.118. The Morgan fingerprint density at radius 2 is 2.23 bits per heavy atom. The molecule has 13 heavy (non-hydrogen) atoms. The Hall–Kier alpha value is -1.26. The van der Waals surface area contributed by atoms with Crippen LogP contribution in [0.4, 0.5) is 0 Å². The number of carbonyl (C=O) groups excluding carboxylic acids is 1. The molecule has 0 bridgehead atoms. The summed E-state index contributed by atoms with van der Waals surface area (Å²) >= 11 is 0. The molecule has 1 aliphatic carbocycles. The van der Waals surface area contributed by atoms with Crippen molar-refractivity contribution < 1.29 is 4.79 Å². The third kappa shape index (κ3) is 4.35. The van der Waals surface area contributed by atoms with Gasteiger partial charge in [0.05, 0.1) is 6.04 Å². The fourth-order valence-corrected chi connectivity index (χ4v) is 1.04. The van der Waals surface area contributed by atoms with E-state index in [1.807, 2.05) is 6.92 Å². The average molecular weight is 184 g/mol. The maximum Gasteiger partial charge on any atom is 0.219 e. The van der Waals surface area contributed by atoms with Gasteiger partial charge in [0.25, 0.3) is 0 Å². The van der Waals surface area contributed by atoms with E-state index in [4.69, 9.17) is 11.5 Å². The number of hydrogen-bond donors (Lipinski definition) is 3. The zero-order valence-electron chi connectivity index (χ0n) is 7.79. The number of amides is 1. The summed E-state index contributed by atoms with van der Waals surface area (Å²) in [7, 11) is 0. The van der Waals surface area contributed by atoms with Crippen molar-refractivity contribution in [1.29, 1.82) is 0 Å². The topological polar surface area (TPSA) is 93.5 Å². The second-order valence-electron chi connectivity index (χ2n) is 3.46. The highest BCUT2D eigenvalue weighted by Gasteiger charge is 2.20. The fourth-order valence-electron chi connectivity index (χ4n) is 1.04. The Bertz CT molecular complexity index is 222. The van der Waals surface area contributed by atoms with Crippen molar-refractivity contribution in [3.63, 3.8) is 0 Å². The summed E-state index contributed by atoms with van der Waals surface area (Å²) in [5.74, 6) is 0.0791. The van der Waals surface area contributed by atoms with Gasteiger partial charge in [0.15, 0.2) is 5.96 Å². The SMILES string of the molecule is CC(CC(N)=O)NC(N)=NC1CC1. The first-order valence-corrected chi connectivity index (χ1v) is 4.46. The molecule has 0 heterocycles. The molecule has 0 radical (unpaired) electrons. The first-order chi connectivity index (χ1) is 6.08. The number of aliphatic imine (C=N–C) groups is 1. The van der Waals surface area contributed by atoms with Crippen LogP contribution in [0.5, 0.6) is 0 Å². The Kier molecular flexibility index (Phi) is 3.11. The molecule has 0 aromatic heterocycles. The van der Waals surface area contributed by atoms with E-state index in [0.29, 0.717) is 12.0 Å². The minimum absolute atomic E-state index is 0.0417. The van der Waals surface area contributed by atoms with Gasteiger partial charge in [0.2, 0.25) is 5.91 Å². The molecule has 1 saturated carbocycles. The van der Waals surface area contributed by atoms with Crippen LogP contribution in [0.3, 0.4) is 0 Å². The van der Waals surface area contributed by atoms with Crippen LogP contribution in [0.1, 0.15) is 26.2 Å². The molecular weight excluding hydrogens is 168 g/mol. The molecule has 5 N–H and O–H groups in total. The third-order valence-corrected chi connectivity index (χ3v) is 1.77. The molecule has 1 aliphatic rings. The second kappa shape index (κ2) is 4.11. The Morgan fingerprint density at radius 1 is 1.62 bits per heavy atom. The number of hydrogen-bond acceptors (Lipinski definition) is 2. The summed E-state index contributed by atoms with van der Waals surface area (Å²) in [5.41, 5.74) is 10.6. The zero-order chi connectivity index (χ0) is 9.84. The second-order valence-corrected chi connectivity index (χ2v) is 3.46. The molecule has 1 atom stereocenters. The van der Waals surface area contributed by atoms with Gasteiger partial charge < -0.3 is 16.8 Å². The summed E-state index contributed by atoms with van der Waals surface area (Å²) in [4.78, 5) is 14.7. The highest BCUT2D eigenvalue weighted by atomic mass is 16.1. The van der Waals surface area contributed by atoms with E-state index in [2.05, 4.69) is 10.3 Å². The number of nitrogens with two attached hydrogens (primary N) is 2. The standard InChI is InChI=1S/C8H16N4O/c1-5(4-7(9)13)11-8(10)12-6-2-3-6/h5-6H,2-4H2,1H3,(H2,9,13)(H3,10,11,12). The number of guanidine groups is 1. The van der Waals surface area contributed by atoms with Gasteiger partial charge in [-0.3, -0.25) is 9.79 Å². The van der Waals surface area contributed by atoms with Crippen molar-refractivity contribution in [1.82, 2.24) is 5.32 Å². The molecule has 0 aromatic carbocycles. The third-order valence-electron chi connectivity index (χ3n) is 1.77. The van der Waals surface area contributed by atoms with Crippen LogP contribution in [0.15, 0.2) is 4.99 Å². The van der Waals surface area contributed by atoms with Crippen LogP contribution >= 0.6 is 0 Å². The van der Waals surface area contributed by atoms with Crippen molar-refractivity contribution >= 4 is 11.9 Å². The molecule has 1 amide bonds. The van der Waals surface area contributed by atoms with Crippen LogP contribution in [0, 0.1) is 0 Å². The number of primary amides is 1. The van der Waals surface area contributed by atoms with E-state index in [9.17, 15) is 4.79 Å². The summed E-state index contributed by atoms with van der Waals surface area (Å²) in [6.45, 7) is 1.85. The molecule has 1 rings (SSSR count). The van der Waals surface area contributed by atoms with E-state index in [-0.39, 0.29) is 18.4 Å². The van der Waals surface area contributed by atoms with Crippen LogP contribution < -0.4 is 16.8 Å². The number of carbonyl (C=O) groups is 1. The predicted octanol–water partition coefficient (Wildman–Crippen LogP) is -0.683. The van der Waals surface area contributed by atoms with E-state index in [0.717, 1.165) is 12.8 Å². The first-order valence-electron chi connectivity index (χ1n) is 4.46. The van der Waals surface area contributed by atoms with E-state index in [1.165, 1.54) is 0 Å². The summed E-state index contributed by atoms with van der Waals surface area (Å²) < 4.78 is 0. The smallest absolute Gasteiger partial charge is 0.219 e. The van der Waals surface area contributed by atoms with Gasteiger partial charge >= 0.3 is 0 Å². The summed E-state index contributed by atoms with van der Waals surface area (Å²) in [5, 5.41) is 2.91. The van der Waals surface area contributed by atoms with Crippen molar-refractivity contribution in [3.8, 4) is 0 Å².